The third-order valence-corrected chi connectivity index (χ3v) is 7.14. The minimum Gasteiger partial charge on any atom is -0.508 e. The molecule has 0 saturated carbocycles. The van der Waals surface area contributed by atoms with E-state index in [9.17, 15) is 30.3 Å². The molecule has 0 saturated heterocycles. The molecule has 0 radical (unpaired) electrons. The Morgan fingerprint density at radius 2 is 1.42 bits per heavy atom. The Hall–Kier alpha value is -1.63. The minimum atomic E-state index is -1.08. The molecule has 0 spiro atoms. The topological polar surface area (TPSA) is 118 Å². The second kappa shape index (κ2) is 13.9. The van der Waals surface area contributed by atoms with Crippen LogP contribution >= 0.6 is 0 Å². The fourth-order valence-corrected chi connectivity index (χ4v) is 4.89. The molecule has 1 aromatic rings. The Morgan fingerprint density at radius 3 is 1.94 bits per heavy atom. The van der Waals surface area contributed by atoms with Crippen LogP contribution in [0.1, 0.15) is 91.7 Å². The van der Waals surface area contributed by atoms with Crippen molar-refractivity contribution in [2.45, 2.75) is 98.4 Å². The second-order valence-electron chi connectivity index (χ2n) is 10.4. The Morgan fingerprint density at radius 1 is 0.848 bits per heavy atom. The number of benzene rings is 1. The van der Waals surface area contributed by atoms with Crippen LogP contribution < -0.4 is 0 Å². The van der Waals surface area contributed by atoms with Crippen molar-refractivity contribution in [2.75, 3.05) is 0 Å². The molecule has 33 heavy (non-hydrogen) atoms. The van der Waals surface area contributed by atoms with Crippen molar-refractivity contribution in [2.24, 2.45) is 29.6 Å². The normalized spacial score (nSPS) is 19.2. The van der Waals surface area contributed by atoms with Gasteiger partial charge in [0.25, 0.3) is 0 Å². The van der Waals surface area contributed by atoms with Crippen LogP contribution in [0.25, 0.3) is 0 Å². The van der Waals surface area contributed by atoms with Crippen molar-refractivity contribution in [3.8, 4) is 11.5 Å². The fourth-order valence-electron chi connectivity index (χ4n) is 4.89. The highest BCUT2D eigenvalue weighted by Gasteiger charge is 2.33. The molecule has 8 atom stereocenters. The van der Waals surface area contributed by atoms with E-state index >= 15 is 0 Å². The maximum Gasteiger partial charge on any atom is 0.132 e. The summed E-state index contributed by atoms with van der Waals surface area (Å²) in [6, 6.07) is 3.97. The van der Waals surface area contributed by atoms with Crippen molar-refractivity contribution in [3.05, 3.63) is 23.8 Å². The Balaban J connectivity index is 2.68. The number of carbonyl (C=O) groups is 1. The molecular weight excluding hydrogens is 420 g/mol. The Bertz CT molecular complexity index is 700. The fraction of sp³-hybridized carbons (Fsp3) is 0.741. The van der Waals surface area contributed by atoms with Gasteiger partial charge in [0.2, 0.25) is 0 Å². The monoisotopic (exact) mass is 466 g/mol. The lowest BCUT2D eigenvalue weighted by atomic mass is 9.78. The predicted molar refractivity (Wildman–Crippen MR) is 131 cm³/mol. The van der Waals surface area contributed by atoms with Crippen LogP contribution in [0.4, 0.5) is 0 Å². The summed E-state index contributed by atoms with van der Waals surface area (Å²) in [5, 5.41) is 52.0. The lowest BCUT2D eigenvalue weighted by Crippen LogP contribution is -2.34. The molecular formula is C27H46O6. The third-order valence-electron chi connectivity index (χ3n) is 7.14. The number of phenolic OH excluding ortho intramolecular Hbond substituents is 2. The number of carbonyl (C=O) groups excluding carboxylic acids is 1. The molecule has 6 nitrogen and oxygen atoms in total. The maximum absolute atomic E-state index is 11.5. The van der Waals surface area contributed by atoms with Crippen molar-refractivity contribution in [1.82, 2.24) is 0 Å². The number of aliphatic hydroxyl groups excluding tert-OH is 3. The lowest BCUT2D eigenvalue weighted by Gasteiger charge is -2.33. The van der Waals surface area contributed by atoms with Crippen LogP contribution in [0.15, 0.2) is 18.2 Å². The molecule has 0 aliphatic heterocycles. The van der Waals surface area contributed by atoms with Crippen LogP contribution in [-0.2, 0) is 4.79 Å². The average molecular weight is 467 g/mol. The van der Waals surface area contributed by atoms with Crippen LogP contribution in [0.5, 0.6) is 11.5 Å². The number of phenols is 2. The zero-order chi connectivity index (χ0) is 25.3. The van der Waals surface area contributed by atoms with E-state index in [0.717, 1.165) is 25.7 Å². The Kier molecular flexibility index (Phi) is 12.4. The minimum absolute atomic E-state index is 0.0327. The predicted octanol–water partition coefficient (Wildman–Crippen LogP) is 4.96. The summed E-state index contributed by atoms with van der Waals surface area (Å²) < 4.78 is 0. The van der Waals surface area contributed by atoms with E-state index in [1.54, 1.807) is 6.92 Å². The quantitative estimate of drug-likeness (QED) is 0.249. The molecule has 0 aliphatic carbocycles. The number of aromatic hydroxyl groups is 2. The summed E-state index contributed by atoms with van der Waals surface area (Å²) in [5.41, 5.74) is 0.341. The van der Waals surface area contributed by atoms with Crippen molar-refractivity contribution in [1.29, 1.82) is 0 Å². The standard InChI is InChI=1S/C27H46O6/c1-7-18(4)26(27(33)21-12-23(30)14-24(31)13-21)25(32)15-22(29)9-8-16(2)10-17(3)11-19(5)20(6)28/h12-14,16-19,22,25-27,29-33H,7-11,15H2,1-6H3/t16-,17-,18?,19-,22-,25-,26+,27+/m0/s1. The largest absolute Gasteiger partial charge is 0.508 e. The van der Waals surface area contributed by atoms with Gasteiger partial charge in [0.1, 0.15) is 17.3 Å². The van der Waals surface area contributed by atoms with Crippen molar-refractivity contribution < 1.29 is 30.3 Å². The Labute approximate surface area is 199 Å². The molecule has 190 valence electrons. The van der Waals surface area contributed by atoms with Gasteiger partial charge in [-0.25, -0.2) is 0 Å². The number of rotatable bonds is 15. The molecule has 1 rings (SSSR count). The van der Waals surface area contributed by atoms with Gasteiger partial charge in [-0.2, -0.15) is 0 Å². The summed E-state index contributed by atoms with van der Waals surface area (Å²) >= 11 is 0. The van der Waals surface area contributed by atoms with E-state index in [1.807, 2.05) is 20.8 Å². The summed E-state index contributed by atoms with van der Waals surface area (Å²) in [5.74, 6) is 0.251. The van der Waals surface area contributed by atoms with Gasteiger partial charge >= 0.3 is 0 Å². The van der Waals surface area contributed by atoms with Crippen LogP contribution in [0.3, 0.4) is 0 Å². The van der Waals surface area contributed by atoms with E-state index in [0.29, 0.717) is 23.8 Å². The first-order chi connectivity index (χ1) is 15.3. The maximum atomic E-state index is 11.5. The number of aliphatic hydroxyl groups is 3. The van der Waals surface area contributed by atoms with E-state index < -0.39 is 24.2 Å². The van der Waals surface area contributed by atoms with E-state index in [4.69, 9.17) is 0 Å². The van der Waals surface area contributed by atoms with Gasteiger partial charge in [0.05, 0.1) is 18.3 Å². The van der Waals surface area contributed by atoms with E-state index in [1.165, 1.54) is 18.2 Å². The van der Waals surface area contributed by atoms with Gasteiger partial charge in [-0.1, -0.05) is 41.0 Å². The number of Topliss-reactive ketones (excluding diaryl/α,β-unsaturated/α-hetero) is 1. The van der Waals surface area contributed by atoms with Gasteiger partial charge in [0, 0.05) is 17.9 Å². The summed E-state index contributed by atoms with van der Waals surface area (Å²) in [6.07, 6.45) is 1.43. The van der Waals surface area contributed by atoms with Gasteiger partial charge in [0.15, 0.2) is 0 Å². The molecule has 0 heterocycles. The smallest absolute Gasteiger partial charge is 0.132 e. The van der Waals surface area contributed by atoms with E-state index in [2.05, 4.69) is 13.8 Å². The van der Waals surface area contributed by atoms with Crippen LogP contribution in [0.2, 0.25) is 0 Å². The highest BCUT2D eigenvalue weighted by molar-refractivity contribution is 5.77. The highest BCUT2D eigenvalue weighted by atomic mass is 16.3. The van der Waals surface area contributed by atoms with Gasteiger partial charge in [-0.05, 0) is 74.5 Å². The number of ketones is 1. The van der Waals surface area contributed by atoms with Crippen molar-refractivity contribution >= 4 is 5.78 Å². The van der Waals surface area contributed by atoms with Gasteiger partial charge < -0.3 is 25.5 Å². The van der Waals surface area contributed by atoms with Gasteiger partial charge in [-0.3, -0.25) is 4.79 Å². The van der Waals surface area contributed by atoms with Crippen LogP contribution in [0, 0.1) is 29.6 Å². The summed E-state index contributed by atoms with van der Waals surface area (Å²) in [6.45, 7) is 11.8. The first-order valence-corrected chi connectivity index (χ1v) is 12.4. The van der Waals surface area contributed by atoms with E-state index in [-0.39, 0.29) is 35.5 Å². The molecule has 0 aliphatic rings. The first kappa shape index (κ1) is 29.4. The van der Waals surface area contributed by atoms with Crippen LogP contribution in [-0.4, -0.2) is 43.5 Å². The highest BCUT2D eigenvalue weighted by Crippen LogP contribution is 2.37. The molecule has 0 bridgehead atoms. The zero-order valence-electron chi connectivity index (χ0n) is 21.2. The third kappa shape index (κ3) is 10.0. The molecule has 0 amide bonds. The summed E-state index contributed by atoms with van der Waals surface area (Å²) in [7, 11) is 0. The second-order valence-corrected chi connectivity index (χ2v) is 10.4. The molecule has 0 aromatic heterocycles. The molecule has 1 unspecified atom stereocenters. The lowest BCUT2D eigenvalue weighted by molar-refractivity contribution is -0.120. The molecule has 5 N–H and O–H groups in total. The zero-order valence-corrected chi connectivity index (χ0v) is 21.2. The first-order valence-electron chi connectivity index (χ1n) is 12.4. The molecule has 6 heteroatoms. The van der Waals surface area contributed by atoms with Crippen molar-refractivity contribution in [3.63, 3.8) is 0 Å². The summed E-state index contributed by atoms with van der Waals surface area (Å²) in [4.78, 5) is 11.5. The average Bonchev–Trinajstić information content (AvgIpc) is 2.71. The number of hydrogen-bond donors (Lipinski definition) is 5. The SMILES string of the molecule is CCC(C)[C@@H]([C@H](O)c1cc(O)cc(O)c1)[C@@H](O)C[C@@H](O)CC[C@H](C)C[C@H](C)C[C@H](C)C(C)=O. The molecule has 1 aromatic carbocycles. The van der Waals surface area contributed by atoms with Gasteiger partial charge in [-0.15, -0.1) is 0 Å². The molecule has 0 fully saturated rings. The number of hydrogen-bond acceptors (Lipinski definition) is 6.